The molecule has 0 radical (unpaired) electrons. The molecule has 128 valence electrons. The molecule has 2 aromatic carbocycles. The molecule has 2 rings (SSSR count). The highest BCUT2D eigenvalue weighted by Crippen LogP contribution is 2.27. The van der Waals surface area contributed by atoms with Crippen LogP contribution in [0.1, 0.15) is 11.1 Å². The summed E-state index contributed by atoms with van der Waals surface area (Å²) in [7, 11) is 4.71. The van der Waals surface area contributed by atoms with E-state index >= 15 is 0 Å². The van der Waals surface area contributed by atoms with Crippen LogP contribution in [0.25, 0.3) is 0 Å². The first-order valence-corrected chi connectivity index (χ1v) is 7.75. The van der Waals surface area contributed by atoms with E-state index in [9.17, 15) is 4.79 Å². The van der Waals surface area contributed by atoms with E-state index in [1.807, 2.05) is 18.2 Å². The number of carbonyl (C=O) groups excluding carboxylic acids is 1. The quantitative estimate of drug-likeness (QED) is 0.833. The molecular formula is C18H20ClNO4. The first kappa shape index (κ1) is 17.9. The van der Waals surface area contributed by atoms with Crippen molar-refractivity contribution in [1.29, 1.82) is 0 Å². The fourth-order valence-electron chi connectivity index (χ4n) is 2.23. The van der Waals surface area contributed by atoms with Gasteiger partial charge in [-0.15, -0.1) is 0 Å². The van der Waals surface area contributed by atoms with Crippen molar-refractivity contribution >= 4 is 17.5 Å². The lowest BCUT2D eigenvalue weighted by Crippen LogP contribution is -2.24. The molecule has 0 spiro atoms. The van der Waals surface area contributed by atoms with E-state index in [2.05, 4.69) is 5.32 Å². The highest BCUT2D eigenvalue weighted by atomic mass is 35.5. The van der Waals surface area contributed by atoms with Crippen LogP contribution in [0.4, 0.5) is 0 Å². The number of hydrogen-bond donors (Lipinski definition) is 1. The number of nitrogens with one attached hydrogen (secondary N) is 1. The average molecular weight is 350 g/mol. The lowest BCUT2D eigenvalue weighted by molar-refractivity contribution is -0.120. The number of hydrogen-bond acceptors (Lipinski definition) is 4. The summed E-state index contributed by atoms with van der Waals surface area (Å²) in [6.45, 7) is 0.356. The van der Waals surface area contributed by atoms with Crippen molar-refractivity contribution in [2.45, 2.75) is 13.0 Å². The predicted octanol–water partition coefficient (Wildman–Crippen LogP) is 3.22. The third-order valence-electron chi connectivity index (χ3n) is 3.55. The second-order valence-electron chi connectivity index (χ2n) is 5.10. The largest absolute Gasteiger partial charge is 0.497 e. The van der Waals surface area contributed by atoms with Gasteiger partial charge in [-0.3, -0.25) is 4.79 Å². The molecule has 0 saturated heterocycles. The van der Waals surface area contributed by atoms with Crippen molar-refractivity contribution in [3.05, 3.63) is 52.5 Å². The Morgan fingerprint density at radius 3 is 2.38 bits per heavy atom. The maximum atomic E-state index is 12.1. The number of halogens is 1. The van der Waals surface area contributed by atoms with Gasteiger partial charge in [-0.2, -0.15) is 0 Å². The van der Waals surface area contributed by atoms with Crippen molar-refractivity contribution in [1.82, 2.24) is 5.32 Å². The minimum atomic E-state index is -0.103. The average Bonchev–Trinajstić information content (AvgIpc) is 2.60. The number of rotatable bonds is 7. The van der Waals surface area contributed by atoms with E-state index in [0.29, 0.717) is 28.8 Å². The van der Waals surface area contributed by atoms with Crippen LogP contribution in [0.2, 0.25) is 5.02 Å². The highest BCUT2D eigenvalue weighted by molar-refractivity contribution is 6.31. The maximum Gasteiger partial charge on any atom is 0.224 e. The molecule has 24 heavy (non-hydrogen) atoms. The molecule has 0 aliphatic carbocycles. The fourth-order valence-corrected chi connectivity index (χ4v) is 2.47. The molecule has 2 aromatic rings. The molecule has 0 atom stereocenters. The summed E-state index contributed by atoms with van der Waals surface area (Å²) in [5, 5.41) is 3.41. The summed E-state index contributed by atoms with van der Waals surface area (Å²) in [4.78, 5) is 12.1. The lowest BCUT2D eigenvalue weighted by atomic mass is 10.1. The Morgan fingerprint density at radius 1 is 1.00 bits per heavy atom. The van der Waals surface area contributed by atoms with Crippen LogP contribution in [0.5, 0.6) is 17.2 Å². The molecule has 0 unspecified atom stereocenters. The second-order valence-corrected chi connectivity index (χ2v) is 5.51. The smallest absolute Gasteiger partial charge is 0.224 e. The van der Waals surface area contributed by atoms with E-state index in [1.54, 1.807) is 39.5 Å². The Morgan fingerprint density at radius 2 is 1.75 bits per heavy atom. The predicted molar refractivity (Wildman–Crippen MR) is 93.1 cm³/mol. The van der Waals surface area contributed by atoms with Crippen LogP contribution in [0.15, 0.2) is 36.4 Å². The first-order chi connectivity index (χ1) is 11.6. The Bertz CT molecular complexity index is 718. The van der Waals surface area contributed by atoms with Crippen LogP contribution in [-0.2, 0) is 17.8 Å². The topological polar surface area (TPSA) is 56.8 Å². The van der Waals surface area contributed by atoms with Gasteiger partial charge in [-0.05, 0) is 35.4 Å². The zero-order valence-corrected chi connectivity index (χ0v) is 14.6. The molecule has 5 nitrogen and oxygen atoms in total. The van der Waals surface area contributed by atoms with Gasteiger partial charge in [0.05, 0.1) is 27.8 Å². The Kier molecular flexibility index (Phi) is 6.32. The minimum Gasteiger partial charge on any atom is -0.497 e. The van der Waals surface area contributed by atoms with Crippen LogP contribution in [-0.4, -0.2) is 27.2 Å². The van der Waals surface area contributed by atoms with Gasteiger partial charge in [0.25, 0.3) is 0 Å². The first-order valence-electron chi connectivity index (χ1n) is 7.37. The third kappa shape index (κ3) is 4.55. The van der Waals surface area contributed by atoms with Gasteiger partial charge < -0.3 is 19.5 Å². The van der Waals surface area contributed by atoms with E-state index < -0.39 is 0 Å². The summed E-state index contributed by atoms with van der Waals surface area (Å²) in [5.41, 5.74) is 1.67. The molecule has 6 heteroatoms. The summed E-state index contributed by atoms with van der Waals surface area (Å²) < 4.78 is 15.5. The molecular weight excluding hydrogens is 330 g/mol. The van der Waals surface area contributed by atoms with Crippen molar-refractivity contribution in [2.75, 3.05) is 21.3 Å². The fraction of sp³-hybridized carbons (Fsp3) is 0.278. The molecule has 1 amide bonds. The number of benzene rings is 2. The lowest BCUT2D eigenvalue weighted by Gasteiger charge is -2.11. The zero-order chi connectivity index (χ0) is 17.5. The molecule has 0 bridgehead atoms. The summed E-state index contributed by atoms with van der Waals surface area (Å²) >= 11 is 6.16. The second kappa shape index (κ2) is 8.45. The molecule has 0 fully saturated rings. The number of ether oxygens (including phenoxy) is 3. The van der Waals surface area contributed by atoms with Gasteiger partial charge in [0.1, 0.15) is 5.75 Å². The van der Waals surface area contributed by atoms with Gasteiger partial charge in [-0.25, -0.2) is 0 Å². The van der Waals surface area contributed by atoms with Crippen LogP contribution >= 0.6 is 11.6 Å². The van der Waals surface area contributed by atoms with E-state index in [1.165, 1.54) is 0 Å². The molecule has 0 aliphatic rings. The summed E-state index contributed by atoms with van der Waals surface area (Å²) in [5.74, 6) is 1.81. The van der Waals surface area contributed by atoms with Gasteiger partial charge in [-0.1, -0.05) is 23.7 Å². The van der Waals surface area contributed by atoms with E-state index in [-0.39, 0.29) is 12.3 Å². The minimum absolute atomic E-state index is 0.103. The SMILES string of the molecule is COc1ccc(CNC(=O)Cc2ccc(OC)c(OC)c2)c(Cl)c1. The molecule has 0 aliphatic heterocycles. The van der Waals surface area contributed by atoms with Crippen molar-refractivity contribution in [3.63, 3.8) is 0 Å². The Labute approximate surface area is 146 Å². The Balaban J connectivity index is 1.96. The van der Waals surface area contributed by atoms with Gasteiger partial charge >= 0.3 is 0 Å². The molecule has 0 aromatic heterocycles. The maximum absolute atomic E-state index is 12.1. The number of amides is 1. The van der Waals surface area contributed by atoms with Gasteiger partial charge in [0, 0.05) is 11.6 Å². The van der Waals surface area contributed by atoms with Crippen molar-refractivity contribution in [3.8, 4) is 17.2 Å². The highest BCUT2D eigenvalue weighted by Gasteiger charge is 2.09. The number of carbonyl (C=O) groups is 1. The monoisotopic (exact) mass is 349 g/mol. The van der Waals surface area contributed by atoms with Crippen LogP contribution in [0.3, 0.4) is 0 Å². The van der Waals surface area contributed by atoms with Crippen LogP contribution < -0.4 is 19.5 Å². The van der Waals surface area contributed by atoms with Crippen LogP contribution in [0, 0.1) is 0 Å². The van der Waals surface area contributed by atoms with Crippen molar-refractivity contribution < 1.29 is 19.0 Å². The van der Waals surface area contributed by atoms with Gasteiger partial charge in [0.15, 0.2) is 11.5 Å². The van der Waals surface area contributed by atoms with Crippen molar-refractivity contribution in [2.24, 2.45) is 0 Å². The van der Waals surface area contributed by atoms with Gasteiger partial charge in [0.2, 0.25) is 5.91 Å². The molecule has 1 N–H and O–H groups in total. The van der Waals surface area contributed by atoms with E-state index in [0.717, 1.165) is 11.1 Å². The summed E-state index contributed by atoms with van der Waals surface area (Å²) in [6, 6.07) is 10.8. The standard InChI is InChI=1S/C18H20ClNO4/c1-22-14-6-5-13(15(19)10-14)11-20-18(21)9-12-4-7-16(23-2)17(8-12)24-3/h4-8,10H,9,11H2,1-3H3,(H,20,21). The Hall–Kier alpha value is -2.40. The normalized spacial score (nSPS) is 10.2. The third-order valence-corrected chi connectivity index (χ3v) is 3.90. The molecule has 0 heterocycles. The zero-order valence-electron chi connectivity index (χ0n) is 13.9. The van der Waals surface area contributed by atoms with E-state index in [4.69, 9.17) is 25.8 Å². The summed E-state index contributed by atoms with van der Waals surface area (Å²) in [6.07, 6.45) is 0.244. The molecule has 0 saturated carbocycles. The number of methoxy groups -OCH3 is 3.